The van der Waals surface area contributed by atoms with Crippen LogP contribution in [0.5, 0.6) is 6.01 Å². The van der Waals surface area contributed by atoms with Gasteiger partial charge in [0.25, 0.3) is 6.01 Å². The summed E-state index contributed by atoms with van der Waals surface area (Å²) < 4.78 is 7.52. The van der Waals surface area contributed by atoms with Crippen molar-refractivity contribution >= 4 is 22.9 Å². The van der Waals surface area contributed by atoms with Crippen LogP contribution in [0.15, 0.2) is 0 Å². The van der Waals surface area contributed by atoms with Crippen molar-refractivity contribution in [3.05, 3.63) is 0 Å². The summed E-state index contributed by atoms with van der Waals surface area (Å²) >= 11 is 0. The molecule has 0 spiro atoms. The van der Waals surface area contributed by atoms with E-state index in [0.29, 0.717) is 29.3 Å². The molecule has 0 amide bonds. The minimum Gasteiger partial charge on any atom is -0.468 e. The number of aromatic nitrogens is 4. The maximum absolute atomic E-state index is 6.17. The number of nitrogen functional groups attached to an aromatic ring is 1. The maximum atomic E-state index is 6.17. The monoisotopic (exact) mass is 389 g/mol. The van der Waals surface area contributed by atoms with Gasteiger partial charge in [-0.05, 0) is 58.7 Å². The highest BCUT2D eigenvalue weighted by atomic mass is 16.5. The third-order valence-electron chi connectivity index (χ3n) is 5.42. The van der Waals surface area contributed by atoms with Crippen LogP contribution in [0.25, 0.3) is 11.2 Å². The molecule has 2 aromatic rings. The third-order valence-corrected chi connectivity index (χ3v) is 5.42. The Morgan fingerprint density at radius 2 is 1.86 bits per heavy atom. The van der Waals surface area contributed by atoms with Crippen molar-refractivity contribution in [2.45, 2.75) is 71.4 Å². The van der Waals surface area contributed by atoms with Gasteiger partial charge in [-0.15, -0.1) is 0 Å². The van der Waals surface area contributed by atoms with Gasteiger partial charge < -0.3 is 20.7 Å². The fraction of sp³-hybridized carbons (Fsp3) is 0.750. The van der Waals surface area contributed by atoms with Crippen LogP contribution in [0.2, 0.25) is 0 Å². The lowest BCUT2D eigenvalue weighted by Gasteiger charge is -2.26. The van der Waals surface area contributed by atoms with Crippen molar-refractivity contribution < 1.29 is 4.74 Å². The van der Waals surface area contributed by atoms with Crippen LogP contribution in [0.3, 0.4) is 0 Å². The van der Waals surface area contributed by atoms with E-state index in [4.69, 9.17) is 15.5 Å². The summed E-state index contributed by atoms with van der Waals surface area (Å²) in [5.41, 5.74) is 7.52. The number of unbranched alkanes of at least 4 members (excludes halogenated alkanes) is 1. The number of piperidine rings is 1. The van der Waals surface area contributed by atoms with Crippen molar-refractivity contribution in [3.63, 3.8) is 0 Å². The van der Waals surface area contributed by atoms with Gasteiger partial charge in [0.15, 0.2) is 17.0 Å². The second-order valence-corrected chi connectivity index (χ2v) is 7.80. The lowest BCUT2D eigenvalue weighted by Crippen LogP contribution is -2.30. The Labute approximate surface area is 167 Å². The molecule has 1 aliphatic heterocycles. The van der Waals surface area contributed by atoms with Gasteiger partial charge >= 0.3 is 0 Å². The highest BCUT2D eigenvalue weighted by Gasteiger charge is 2.18. The van der Waals surface area contributed by atoms with E-state index in [1.54, 1.807) is 7.11 Å². The van der Waals surface area contributed by atoms with Crippen molar-refractivity contribution in [3.8, 4) is 6.01 Å². The predicted molar refractivity (Wildman–Crippen MR) is 114 cm³/mol. The number of methoxy groups -OCH3 is 1. The average molecular weight is 390 g/mol. The van der Waals surface area contributed by atoms with Crippen molar-refractivity contribution in [2.75, 3.05) is 37.8 Å². The molecule has 0 radical (unpaired) electrons. The van der Waals surface area contributed by atoms with Crippen molar-refractivity contribution in [2.24, 2.45) is 0 Å². The second kappa shape index (κ2) is 9.91. The zero-order chi connectivity index (χ0) is 19.9. The molecule has 0 aliphatic carbocycles. The van der Waals surface area contributed by atoms with Crippen LogP contribution in [0.4, 0.5) is 11.8 Å². The first-order valence-corrected chi connectivity index (χ1v) is 10.7. The lowest BCUT2D eigenvalue weighted by molar-refractivity contribution is 0.223. The normalized spacial score (nSPS) is 16.4. The molecule has 0 bridgehead atoms. The van der Waals surface area contributed by atoms with E-state index in [0.717, 1.165) is 44.4 Å². The predicted octanol–water partition coefficient (Wildman–Crippen LogP) is 3.28. The first kappa shape index (κ1) is 20.6. The van der Waals surface area contributed by atoms with Gasteiger partial charge in [0.05, 0.1) is 7.11 Å². The minimum absolute atomic E-state index is 0.296. The third kappa shape index (κ3) is 5.04. The number of ether oxygens (including phenoxy) is 1. The second-order valence-electron chi connectivity index (χ2n) is 7.80. The van der Waals surface area contributed by atoms with Gasteiger partial charge in [-0.3, -0.25) is 4.57 Å². The number of nitrogens with zero attached hydrogens (tertiary/aromatic N) is 5. The summed E-state index contributed by atoms with van der Waals surface area (Å²) in [6.07, 6.45) is 8.42. The minimum atomic E-state index is 0.296. The van der Waals surface area contributed by atoms with E-state index in [2.05, 4.69) is 34.0 Å². The molecule has 3 heterocycles. The Balaban J connectivity index is 1.70. The smallest absolute Gasteiger partial charge is 0.298 e. The Kier molecular flexibility index (Phi) is 7.30. The largest absolute Gasteiger partial charge is 0.468 e. The fourth-order valence-corrected chi connectivity index (χ4v) is 3.94. The van der Waals surface area contributed by atoms with E-state index < -0.39 is 0 Å². The van der Waals surface area contributed by atoms with E-state index in [1.807, 2.05) is 4.57 Å². The number of nitrogens with two attached hydrogens (primary N) is 1. The van der Waals surface area contributed by atoms with Gasteiger partial charge in [-0.1, -0.05) is 19.8 Å². The Hall–Kier alpha value is -2.09. The number of aryl methyl sites for hydroxylation is 1. The summed E-state index contributed by atoms with van der Waals surface area (Å²) in [6.45, 7) is 8.76. The number of hydrogen-bond donors (Lipinski definition) is 2. The van der Waals surface area contributed by atoms with Crippen LogP contribution in [-0.2, 0) is 6.54 Å². The van der Waals surface area contributed by atoms with Crippen LogP contribution in [0, 0.1) is 0 Å². The Morgan fingerprint density at radius 1 is 1.11 bits per heavy atom. The van der Waals surface area contributed by atoms with E-state index in [1.165, 1.54) is 32.4 Å². The van der Waals surface area contributed by atoms with Gasteiger partial charge in [0.1, 0.15) is 0 Å². The van der Waals surface area contributed by atoms with Crippen molar-refractivity contribution in [1.29, 1.82) is 0 Å². The molecule has 3 rings (SSSR count). The quantitative estimate of drug-likeness (QED) is 0.602. The molecule has 1 fully saturated rings. The molecular weight excluding hydrogens is 354 g/mol. The molecule has 8 nitrogen and oxygen atoms in total. The van der Waals surface area contributed by atoms with Crippen LogP contribution < -0.4 is 15.8 Å². The van der Waals surface area contributed by atoms with Gasteiger partial charge in [0.2, 0.25) is 5.95 Å². The first-order chi connectivity index (χ1) is 13.6. The average Bonchev–Trinajstić information content (AvgIpc) is 3.04. The summed E-state index contributed by atoms with van der Waals surface area (Å²) in [4.78, 5) is 16.2. The number of likely N-dealkylation sites (tertiary alicyclic amines) is 1. The summed E-state index contributed by atoms with van der Waals surface area (Å²) in [6, 6.07) is 0.845. The lowest BCUT2D eigenvalue weighted by atomic mass is 10.1. The number of imidazole rings is 1. The number of nitrogens with one attached hydrogen (secondary N) is 1. The SMILES string of the molecule is CCC[C@H](C)Nc1nc(N)c2nc(OC)n(CCCCN3CCCCC3)c2n1. The molecule has 1 saturated heterocycles. The zero-order valence-electron chi connectivity index (χ0n) is 17.6. The molecule has 8 heteroatoms. The molecule has 1 atom stereocenters. The summed E-state index contributed by atoms with van der Waals surface area (Å²) in [5.74, 6) is 0.949. The van der Waals surface area contributed by atoms with Gasteiger partial charge in [0, 0.05) is 12.6 Å². The maximum Gasteiger partial charge on any atom is 0.298 e. The summed E-state index contributed by atoms with van der Waals surface area (Å²) in [7, 11) is 1.64. The number of fused-ring (bicyclic) bond motifs is 1. The first-order valence-electron chi connectivity index (χ1n) is 10.7. The van der Waals surface area contributed by atoms with Crippen molar-refractivity contribution in [1.82, 2.24) is 24.4 Å². The van der Waals surface area contributed by atoms with Gasteiger partial charge in [-0.2, -0.15) is 15.0 Å². The molecule has 0 aromatic carbocycles. The standard InChI is InChI=1S/C20H35N7O/c1-4-10-15(2)22-19-24-17(21)16-18(25-19)27(20(23-16)28-3)14-9-8-13-26-11-6-5-7-12-26/h15H,4-14H2,1-3H3,(H3,21,22,24,25)/t15-/m0/s1. The Bertz CT molecular complexity index is 755. The topological polar surface area (TPSA) is 94.1 Å². The molecule has 1 aliphatic rings. The number of anilines is 2. The highest BCUT2D eigenvalue weighted by Crippen LogP contribution is 2.25. The number of hydrogen-bond acceptors (Lipinski definition) is 7. The van der Waals surface area contributed by atoms with Gasteiger partial charge in [-0.25, -0.2) is 0 Å². The molecule has 3 N–H and O–H groups in total. The van der Waals surface area contributed by atoms with E-state index in [-0.39, 0.29) is 0 Å². The summed E-state index contributed by atoms with van der Waals surface area (Å²) in [5, 5.41) is 3.35. The highest BCUT2D eigenvalue weighted by molar-refractivity contribution is 5.84. The molecule has 0 unspecified atom stereocenters. The van der Waals surface area contributed by atoms with Crippen LogP contribution in [-0.4, -0.2) is 57.2 Å². The molecule has 0 saturated carbocycles. The van der Waals surface area contributed by atoms with Crippen LogP contribution in [0.1, 0.15) is 58.8 Å². The zero-order valence-corrected chi connectivity index (χ0v) is 17.6. The number of rotatable bonds is 10. The molecular formula is C20H35N7O. The molecule has 156 valence electrons. The van der Waals surface area contributed by atoms with E-state index >= 15 is 0 Å². The molecule has 28 heavy (non-hydrogen) atoms. The fourth-order valence-electron chi connectivity index (χ4n) is 3.94. The van der Waals surface area contributed by atoms with E-state index in [9.17, 15) is 0 Å². The van der Waals surface area contributed by atoms with Crippen LogP contribution >= 0.6 is 0 Å². The Morgan fingerprint density at radius 3 is 2.57 bits per heavy atom. The molecule has 2 aromatic heterocycles.